The molecule has 4 rings (SSSR count). The van der Waals surface area contributed by atoms with Crippen LogP contribution in [0.5, 0.6) is 0 Å². The number of thiophene rings is 1. The van der Waals surface area contributed by atoms with Crippen molar-refractivity contribution < 1.29 is 9.18 Å². The third-order valence-electron chi connectivity index (χ3n) is 4.63. The lowest BCUT2D eigenvalue weighted by atomic mass is 10.2. The standard InChI is InChI=1S/C21H19FN2OS/c22-17-8-6-16(7-9-17)19-10-11-20(26-19)21(25)24-14-12-23(13-15-24)18-4-2-1-3-5-18/h1-11H,12-15H2. The largest absolute Gasteiger partial charge is 0.368 e. The van der Waals surface area contributed by atoms with Gasteiger partial charge in [-0.05, 0) is 42.0 Å². The Labute approximate surface area is 156 Å². The highest BCUT2D eigenvalue weighted by Crippen LogP contribution is 2.29. The van der Waals surface area contributed by atoms with Gasteiger partial charge in [-0.15, -0.1) is 11.3 Å². The van der Waals surface area contributed by atoms with E-state index in [0.29, 0.717) is 0 Å². The van der Waals surface area contributed by atoms with Crippen LogP contribution in [0.3, 0.4) is 0 Å². The monoisotopic (exact) mass is 366 g/mol. The van der Waals surface area contributed by atoms with Gasteiger partial charge in [-0.25, -0.2) is 4.39 Å². The fourth-order valence-corrected chi connectivity index (χ4v) is 4.16. The number of halogens is 1. The van der Waals surface area contributed by atoms with E-state index in [0.717, 1.165) is 41.5 Å². The second-order valence-electron chi connectivity index (χ2n) is 6.29. The highest BCUT2D eigenvalue weighted by Gasteiger charge is 2.23. The van der Waals surface area contributed by atoms with Gasteiger partial charge in [0, 0.05) is 36.7 Å². The molecule has 132 valence electrons. The zero-order chi connectivity index (χ0) is 17.9. The van der Waals surface area contributed by atoms with Crippen molar-refractivity contribution in [3.8, 4) is 10.4 Å². The molecule has 5 heteroatoms. The van der Waals surface area contributed by atoms with Gasteiger partial charge in [-0.2, -0.15) is 0 Å². The molecule has 1 amide bonds. The number of amides is 1. The van der Waals surface area contributed by atoms with Crippen LogP contribution >= 0.6 is 11.3 Å². The Morgan fingerprint density at radius 3 is 2.23 bits per heavy atom. The Kier molecular flexibility index (Phi) is 4.71. The Morgan fingerprint density at radius 1 is 0.846 bits per heavy atom. The number of anilines is 1. The molecule has 0 radical (unpaired) electrons. The summed E-state index contributed by atoms with van der Waals surface area (Å²) in [4.78, 5) is 18.7. The average molecular weight is 366 g/mol. The van der Waals surface area contributed by atoms with Crippen LogP contribution in [0.4, 0.5) is 10.1 Å². The van der Waals surface area contributed by atoms with Crippen LogP contribution in [-0.2, 0) is 0 Å². The maximum atomic E-state index is 13.1. The molecular formula is C21H19FN2OS. The molecule has 2 aromatic carbocycles. The number of hydrogen-bond acceptors (Lipinski definition) is 3. The molecule has 1 aliphatic rings. The normalized spacial score (nSPS) is 14.5. The van der Waals surface area contributed by atoms with E-state index in [1.54, 1.807) is 12.1 Å². The van der Waals surface area contributed by atoms with E-state index in [2.05, 4.69) is 17.0 Å². The molecule has 3 nitrogen and oxygen atoms in total. The van der Waals surface area contributed by atoms with Crippen LogP contribution < -0.4 is 4.90 Å². The van der Waals surface area contributed by atoms with Gasteiger partial charge in [-0.1, -0.05) is 30.3 Å². The first-order valence-electron chi connectivity index (χ1n) is 8.66. The lowest BCUT2D eigenvalue weighted by Crippen LogP contribution is -2.48. The quantitative estimate of drug-likeness (QED) is 0.681. The van der Waals surface area contributed by atoms with Gasteiger partial charge < -0.3 is 9.80 Å². The summed E-state index contributed by atoms with van der Waals surface area (Å²) in [6.07, 6.45) is 0. The van der Waals surface area contributed by atoms with Gasteiger partial charge in [0.05, 0.1) is 4.88 Å². The molecule has 0 spiro atoms. The molecule has 0 N–H and O–H groups in total. The predicted octanol–water partition coefficient (Wildman–Crippen LogP) is 4.52. The lowest BCUT2D eigenvalue weighted by Gasteiger charge is -2.36. The van der Waals surface area contributed by atoms with Crippen LogP contribution in [0.1, 0.15) is 9.67 Å². The molecule has 1 fully saturated rings. The minimum atomic E-state index is -0.252. The zero-order valence-corrected chi connectivity index (χ0v) is 15.1. The Bertz CT molecular complexity index is 884. The van der Waals surface area contributed by atoms with Gasteiger partial charge in [0.1, 0.15) is 5.82 Å². The number of para-hydroxylation sites is 1. The summed E-state index contributed by atoms with van der Waals surface area (Å²) < 4.78 is 13.1. The van der Waals surface area contributed by atoms with Crippen molar-refractivity contribution in [1.29, 1.82) is 0 Å². The third kappa shape index (κ3) is 3.48. The fraction of sp³-hybridized carbons (Fsp3) is 0.190. The van der Waals surface area contributed by atoms with E-state index < -0.39 is 0 Å². The molecule has 0 aliphatic carbocycles. The van der Waals surface area contributed by atoms with Gasteiger partial charge in [-0.3, -0.25) is 4.79 Å². The first-order chi connectivity index (χ1) is 12.7. The molecule has 0 saturated carbocycles. The Morgan fingerprint density at radius 2 is 1.54 bits per heavy atom. The number of hydrogen-bond donors (Lipinski definition) is 0. The molecule has 1 aromatic heterocycles. The summed E-state index contributed by atoms with van der Waals surface area (Å²) in [5.74, 6) is -0.172. The topological polar surface area (TPSA) is 23.6 Å². The molecular weight excluding hydrogens is 347 g/mol. The van der Waals surface area contributed by atoms with Crippen LogP contribution in [0.15, 0.2) is 66.7 Å². The van der Waals surface area contributed by atoms with Crippen molar-refractivity contribution in [1.82, 2.24) is 4.90 Å². The van der Waals surface area contributed by atoms with Crippen LogP contribution in [-0.4, -0.2) is 37.0 Å². The van der Waals surface area contributed by atoms with E-state index in [1.165, 1.54) is 29.2 Å². The average Bonchev–Trinajstić information content (AvgIpc) is 3.19. The molecule has 2 heterocycles. The van der Waals surface area contributed by atoms with Gasteiger partial charge in [0.15, 0.2) is 0 Å². The number of piperazine rings is 1. The van der Waals surface area contributed by atoms with Crippen molar-refractivity contribution in [3.63, 3.8) is 0 Å². The predicted molar refractivity (Wildman–Crippen MR) is 104 cm³/mol. The number of nitrogens with zero attached hydrogens (tertiary/aromatic N) is 2. The summed E-state index contributed by atoms with van der Waals surface area (Å²) in [7, 11) is 0. The van der Waals surface area contributed by atoms with Gasteiger partial charge in [0.2, 0.25) is 0 Å². The van der Waals surface area contributed by atoms with Gasteiger partial charge in [0.25, 0.3) is 5.91 Å². The second kappa shape index (κ2) is 7.30. The van der Waals surface area contributed by atoms with Crippen molar-refractivity contribution in [3.05, 3.63) is 77.4 Å². The highest BCUT2D eigenvalue weighted by molar-refractivity contribution is 7.17. The van der Waals surface area contributed by atoms with Gasteiger partial charge >= 0.3 is 0 Å². The number of carbonyl (C=O) groups excluding carboxylic acids is 1. The smallest absolute Gasteiger partial charge is 0.264 e. The lowest BCUT2D eigenvalue weighted by molar-refractivity contribution is 0.0751. The Balaban J connectivity index is 1.42. The molecule has 0 bridgehead atoms. The molecule has 26 heavy (non-hydrogen) atoms. The van der Waals surface area contributed by atoms with Crippen LogP contribution in [0, 0.1) is 5.82 Å². The summed E-state index contributed by atoms with van der Waals surface area (Å²) >= 11 is 1.46. The Hall–Kier alpha value is -2.66. The van der Waals surface area contributed by atoms with Crippen molar-refractivity contribution in [2.45, 2.75) is 0 Å². The summed E-state index contributed by atoms with van der Waals surface area (Å²) in [6.45, 7) is 3.12. The summed E-state index contributed by atoms with van der Waals surface area (Å²) in [6, 6.07) is 20.5. The maximum absolute atomic E-state index is 13.1. The van der Waals surface area contributed by atoms with E-state index in [1.807, 2.05) is 35.2 Å². The van der Waals surface area contributed by atoms with Crippen LogP contribution in [0.25, 0.3) is 10.4 Å². The van der Waals surface area contributed by atoms with E-state index in [-0.39, 0.29) is 11.7 Å². The molecule has 3 aromatic rings. The summed E-state index contributed by atoms with van der Waals surface area (Å²) in [5, 5.41) is 0. The second-order valence-corrected chi connectivity index (χ2v) is 7.37. The fourth-order valence-electron chi connectivity index (χ4n) is 3.18. The summed E-state index contributed by atoms with van der Waals surface area (Å²) in [5.41, 5.74) is 2.14. The third-order valence-corrected chi connectivity index (χ3v) is 5.76. The highest BCUT2D eigenvalue weighted by atomic mass is 32.1. The minimum Gasteiger partial charge on any atom is -0.368 e. The molecule has 0 atom stereocenters. The maximum Gasteiger partial charge on any atom is 0.264 e. The van der Waals surface area contributed by atoms with E-state index in [9.17, 15) is 9.18 Å². The minimum absolute atomic E-state index is 0.0797. The first kappa shape index (κ1) is 16.8. The van der Waals surface area contributed by atoms with Crippen molar-refractivity contribution in [2.75, 3.05) is 31.1 Å². The van der Waals surface area contributed by atoms with E-state index >= 15 is 0 Å². The van der Waals surface area contributed by atoms with Crippen molar-refractivity contribution in [2.24, 2.45) is 0 Å². The van der Waals surface area contributed by atoms with Crippen molar-refractivity contribution >= 4 is 22.9 Å². The molecule has 1 aliphatic heterocycles. The first-order valence-corrected chi connectivity index (χ1v) is 9.47. The molecule has 1 saturated heterocycles. The zero-order valence-electron chi connectivity index (χ0n) is 14.3. The van der Waals surface area contributed by atoms with E-state index in [4.69, 9.17) is 0 Å². The SMILES string of the molecule is O=C(c1ccc(-c2ccc(F)cc2)s1)N1CCN(c2ccccc2)CC1. The number of rotatable bonds is 3. The number of benzene rings is 2. The van der Waals surface area contributed by atoms with Crippen LogP contribution in [0.2, 0.25) is 0 Å². The number of carbonyl (C=O) groups is 1. The molecule has 0 unspecified atom stereocenters.